The van der Waals surface area contributed by atoms with Crippen molar-refractivity contribution in [1.29, 1.82) is 0 Å². The van der Waals surface area contributed by atoms with E-state index >= 15 is 0 Å². The summed E-state index contributed by atoms with van der Waals surface area (Å²) >= 11 is 0. The molecule has 57 heavy (non-hydrogen) atoms. The van der Waals surface area contributed by atoms with Gasteiger partial charge in [-0.25, -0.2) is 0 Å². The molecule has 0 aromatic carbocycles. The maximum atomic E-state index is 12.7. The Bertz CT molecular complexity index is 1010. The van der Waals surface area contributed by atoms with Crippen LogP contribution in [0.4, 0.5) is 0 Å². The fraction of sp³-hybridized carbons (Fsp3) is 0.784. The van der Waals surface area contributed by atoms with Crippen LogP contribution in [0.15, 0.2) is 48.6 Å². The third kappa shape index (κ3) is 44.3. The van der Waals surface area contributed by atoms with Gasteiger partial charge in [0.05, 0.1) is 0 Å². The molecule has 330 valence electrons. The first-order valence-electron chi connectivity index (χ1n) is 24.1. The zero-order chi connectivity index (χ0) is 41.5. The highest BCUT2D eigenvalue weighted by Gasteiger charge is 2.19. The molecular weight excluding hydrogens is 709 g/mol. The standard InChI is InChI=1S/C51H90O6/c1-4-7-10-13-16-19-22-24-25-27-29-32-35-38-41-44-50(53)56-47-48(46-55-49(52)43-40-37-34-31-28-21-18-15-12-9-6-3)57-51(54)45-42-39-36-33-30-26-23-20-17-14-11-8-5-2/h15-16,18-20,23-25,48H,4-14,17,21-22,26-47H2,1-3H3/b18-15-,19-16-,23-20-,25-24-. The summed E-state index contributed by atoms with van der Waals surface area (Å²) in [4.78, 5) is 37.8. The average molecular weight is 799 g/mol. The Balaban J connectivity index is 4.41. The molecule has 6 heteroatoms. The minimum atomic E-state index is -0.783. The summed E-state index contributed by atoms with van der Waals surface area (Å²) < 4.78 is 16.7. The van der Waals surface area contributed by atoms with Gasteiger partial charge in [-0.3, -0.25) is 14.4 Å². The number of ether oxygens (including phenoxy) is 3. The van der Waals surface area contributed by atoms with Gasteiger partial charge in [-0.1, -0.05) is 172 Å². The van der Waals surface area contributed by atoms with E-state index in [0.717, 1.165) is 96.3 Å². The van der Waals surface area contributed by atoms with Crippen molar-refractivity contribution in [1.82, 2.24) is 0 Å². The Kier molecular flexibility index (Phi) is 43.9. The van der Waals surface area contributed by atoms with Crippen molar-refractivity contribution in [3.8, 4) is 0 Å². The van der Waals surface area contributed by atoms with Gasteiger partial charge in [0.1, 0.15) is 13.2 Å². The van der Waals surface area contributed by atoms with E-state index < -0.39 is 6.10 Å². The average Bonchev–Trinajstić information content (AvgIpc) is 3.21. The molecule has 0 aromatic heterocycles. The van der Waals surface area contributed by atoms with Crippen LogP contribution in [0.2, 0.25) is 0 Å². The van der Waals surface area contributed by atoms with Crippen molar-refractivity contribution in [3.05, 3.63) is 48.6 Å². The van der Waals surface area contributed by atoms with E-state index in [1.54, 1.807) is 0 Å². The zero-order valence-corrected chi connectivity index (χ0v) is 37.6. The number of rotatable bonds is 43. The quantitative estimate of drug-likeness (QED) is 0.0265. The monoisotopic (exact) mass is 799 g/mol. The van der Waals surface area contributed by atoms with E-state index in [-0.39, 0.29) is 31.1 Å². The molecule has 0 aliphatic heterocycles. The van der Waals surface area contributed by atoms with E-state index in [9.17, 15) is 14.4 Å². The third-order valence-electron chi connectivity index (χ3n) is 10.3. The Morgan fingerprint density at radius 1 is 0.351 bits per heavy atom. The molecule has 0 heterocycles. The lowest BCUT2D eigenvalue weighted by molar-refractivity contribution is -0.167. The molecule has 0 radical (unpaired) electrons. The minimum Gasteiger partial charge on any atom is -0.462 e. The lowest BCUT2D eigenvalue weighted by Crippen LogP contribution is -2.30. The smallest absolute Gasteiger partial charge is 0.306 e. The van der Waals surface area contributed by atoms with Crippen LogP contribution in [0.25, 0.3) is 0 Å². The second-order valence-electron chi connectivity index (χ2n) is 16.0. The van der Waals surface area contributed by atoms with Gasteiger partial charge in [-0.05, 0) is 96.3 Å². The maximum Gasteiger partial charge on any atom is 0.306 e. The molecule has 0 saturated carbocycles. The van der Waals surface area contributed by atoms with E-state index in [1.807, 2.05) is 0 Å². The van der Waals surface area contributed by atoms with Gasteiger partial charge in [-0.15, -0.1) is 0 Å². The van der Waals surface area contributed by atoms with E-state index in [0.29, 0.717) is 19.3 Å². The lowest BCUT2D eigenvalue weighted by atomic mass is 10.1. The number of hydrogen-bond acceptors (Lipinski definition) is 6. The number of esters is 3. The molecule has 1 atom stereocenters. The van der Waals surface area contributed by atoms with Crippen LogP contribution >= 0.6 is 0 Å². The molecular formula is C51H90O6. The summed E-state index contributed by atoms with van der Waals surface area (Å²) in [5.41, 5.74) is 0. The normalized spacial score (nSPS) is 12.4. The predicted molar refractivity (Wildman–Crippen MR) is 242 cm³/mol. The molecule has 0 aliphatic carbocycles. The molecule has 0 spiro atoms. The van der Waals surface area contributed by atoms with Crippen LogP contribution in [0.3, 0.4) is 0 Å². The Labute approximate surface area is 352 Å². The molecule has 0 bridgehead atoms. The summed E-state index contributed by atoms with van der Waals surface area (Å²) in [5, 5.41) is 0. The van der Waals surface area contributed by atoms with Crippen LogP contribution in [-0.2, 0) is 28.6 Å². The number of unbranched alkanes of at least 4 members (excludes halogenated alkanes) is 24. The Morgan fingerprint density at radius 3 is 1.07 bits per heavy atom. The van der Waals surface area contributed by atoms with Crippen LogP contribution in [-0.4, -0.2) is 37.2 Å². The SMILES string of the molecule is CCCC/C=C\CCCCCCCC(=O)OCC(COC(=O)CCCCCCC/C=C\C/C=C\CCCCC)OC(=O)CCCCCCC/C=C\CCCCCC. The Morgan fingerprint density at radius 2 is 0.649 bits per heavy atom. The molecule has 0 aromatic rings. The van der Waals surface area contributed by atoms with Gasteiger partial charge in [0.2, 0.25) is 0 Å². The van der Waals surface area contributed by atoms with Gasteiger partial charge in [0.25, 0.3) is 0 Å². The molecule has 0 saturated heterocycles. The van der Waals surface area contributed by atoms with E-state index in [2.05, 4.69) is 69.4 Å². The summed E-state index contributed by atoms with van der Waals surface area (Å²) in [5.74, 6) is -0.916. The van der Waals surface area contributed by atoms with Crippen LogP contribution in [0.5, 0.6) is 0 Å². The lowest BCUT2D eigenvalue weighted by Gasteiger charge is -2.18. The largest absolute Gasteiger partial charge is 0.462 e. The van der Waals surface area contributed by atoms with Crippen molar-refractivity contribution in [3.63, 3.8) is 0 Å². The number of allylic oxidation sites excluding steroid dienone is 8. The number of hydrogen-bond donors (Lipinski definition) is 0. The summed E-state index contributed by atoms with van der Waals surface area (Å²) in [6.07, 6.45) is 53.7. The zero-order valence-electron chi connectivity index (χ0n) is 37.6. The second kappa shape index (κ2) is 46.1. The van der Waals surface area contributed by atoms with E-state index in [1.165, 1.54) is 103 Å². The maximum absolute atomic E-state index is 12.7. The van der Waals surface area contributed by atoms with Crippen LogP contribution in [0, 0.1) is 0 Å². The van der Waals surface area contributed by atoms with Gasteiger partial charge < -0.3 is 14.2 Å². The fourth-order valence-corrected chi connectivity index (χ4v) is 6.56. The number of carbonyl (C=O) groups is 3. The number of carbonyl (C=O) groups excluding carboxylic acids is 3. The van der Waals surface area contributed by atoms with Gasteiger partial charge >= 0.3 is 17.9 Å². The molecule has 1 unspecified atom stereocenters. The van der Waals surface area contributed by atoms with Gasteiger partial charge in [0.15, 0.2) is 6.10 Å². The Hall–Kier alpha value is -2.63. The second-order valence-corrected chi connectivity index (χ2v) is 16.0. The fourth-order valence-electron chi connectivity index (χ4n) is 6.56. The highest BCUT2D eigenvalue weighted by molar-refractivity contribution is 5.71. The van der Waals surface area contributed by atoms with Crippen molar-refractivity contribution >= 4 is 17.9 Å². The van der Waals surface area contributed by atoms with Gasteiger partial charge in [-0.2, -0.15) is 0 Å². The molecule has 0 amide bonds. The first-order valence-corrected chi connectivity index (χ1v) is 24.1. The molecule has 0 N–H and O–H groups in total. The molecule has 6 nitrogen and oxygen atoms in total. The van der Waals surface area contributed by atoms with Crippen molar-refractivity contribution in [2.45, 2.75) is 245 Å². The summed E-state index contributed by atoms with van der Waals surface area (Å²) in [6.45, 7) is 6.53. The first kappa shape index (κ1) is 54.4. The van der Waals surface area contributed by atoms with Crippen LogP contribution in [0.1, 0.15) is 239 Å². The summed E-state index contributed by atoms with van der Waals surface area (Å²) in [7, 11) is 0. The highest BCUT2D eigenvalue weighted by atomic mass is 16.6. The van der Waals surface area contributed by atoms with Crippen molar-refractivity contribution in [2.24, 2.45) is 0 Å². The molecule has 0 fully saturated rings. The van der Waals surface area contributed by atoms with Gasteiger partial charge in [0, 0.05) is 19.3 Å². The topological polar surface area (TPSA) is 78.9 Å². The van der Waals surface area contributed by atoms with Crippen LogP contribution < -0.4 is 0 Å². The molecule has 0 rings (SSSR count). The minimum absolute atomic E-state index is 0.0853. The van der Waals surface area contributed by atoms with Crippen molar-refractivity contribution < 1.29 is 28.6 Å². The predicted octanol–water partition coefficient (Wildman–Crippen LogP) is 15.5. The summed E-state index contributed by atoms with van der Waals surface area (Å²) in [6, 6.07) is 0. The first-order chi connectivity index (χ1) is 28.0. The van der Waals surface area contributed by atoms with E-state index in [4.69, 9.17) is 14.2 Å². The third-order valence-corrected chi connectivity index (χ3v) is 10.3. The molecule has 0 aliphatic rings. The highest BCUT2D eigenvalue weighted by Crippen LogP contribution is 2.13. The van der Waals surface area contributed by atoms with Crippen molar-refractivity contribution in [2.75, 3.05) is 13.2 Å².